The van der Waals surface area contributed by atoms with Gasteiger partial charge in [-0.3, -0.25) is 4.90 Å². The van der Waals surface area contributed by atoms with Crippen LogP contribution in [0.2, 0.25) is 0 Å². The van der Waals surface area contributed by atoms with Crippen molar-refractivity contribution in [2.24, 2.45) is 0 Å². The molecule has 2 aromatic carbocycles. The maximum atomic E-state index is 15.5. The van der Waals surface area contributed by atoms with E-state index in [0.29, 0.717) is 36.5 Å². The van der Waals surface area contributed by atoms with Crippen LogP contribution in [0.5, 0.6) is 0 Å². The van der Waals surface area contributed by atoms with Crippen molar-refractivity contribution in [3.8, 4) is 0 Å². The summed E-state index contributed by atoms with van der Waals surface area (Å²) in [7, 11) is 1.55. The highest BCUT2D eigenvalue weighted by atomic mass is 19.1. The molecule has 3 heterocycles. The fourth-order valence-electron chi connectivity index (χ4n) is 5.54. The first-order valence-electron chi connectivity index (χ1n) is 12.8. The third-order valence-corrected chi connectivity index (χ3v) is 7.62. The summed E-state index contributed by atoms with van der Waals surface area (Å²) in [5.74, 6) is -0.649. The highest BCUT2D eigenvalue weighted by molar-refractivity contribution is 5.83. The number of likely N-dealkylation sites (tertiary alicyclic amines) is 1. The van der Waals surface area contributed by atoms with Gasteiger partial charge in [-0.2, -0.15) is 0 Å². The van der Waals surface area contributed by atoms with Gasteiger partial charge >= 0.3 is 6.03 Å². The van der Waals surface area contributed by atoms with Gasteiger partial charge in [0, 0.05) is 44.6 Å². The second kappa shape index (κ2) is 11.2. The zero-order chi connectivity index (χ0) is 27.6. The van der Waals surface area contributed by atoms with Gasteiger partial charge in [0.25, 0.3) is 0 Å². The van der Waals surface area contributed by atoms with Crippen molar-refractivity contribution in [3.63, 3.8) is 0 Å². The molecule has 2 amide bonds. The van der Waals surface area contributed by atoms with E-state index < -0.39 is 42.0 Å². The Morgan fingerprint density at radius 2 is 1.87 bits per heavy atom. The Morgan fingerprint density at radius 3 is 2.56 bits per heavy atom. The van der Waals surface area contributed by atoms with Crippen molar-refractivity contribution in [2.75, 3.05) is 33.3 Å². The minimum absolute atomic E-state index is 0.0153. The fourth-order valence-corrected chi connectivity index (χ4v) is 5.54. The van der Waals surface area contributed by atoms with Crippen molar-refractivity contribution >= 4 is 11.6 Å². The van der Waals surface area contributed by atoms with Gasteiger partial charge in [0.15, 0.2) is 0 Å². The molecule has 0 saturated carbocycles. The van der Waals surface area contributed by atoms with Crippen LogP contribution in [0.4, 0.5) is 18.0 Å². The molecule has 3 aromatic rings. The number of rotatable bonds is 6. The van der Waals surface area contributed by atoms with E-state index in [2.05, 4.69) is 9.97 Å². The smallest absolute Gasteiger partial charge is 0.321 e. The third-order valence-electron chi connectivity index (χ3n) is 7.62. The summed E-state index contributed by atoms with van der Waals surface area (Å²) in [6, 6.07) is 12.5. The molecule has 1 fully saturated rings. The van der Waals surface area contributed by atoms with Crippen LogP contribution in [0.1, 0.15) is 23.4 Å². The zero-order valence-electron chi connectivity index (χ0n) is 21.6. The molecule has 39 heavy (non-hydrogen) atoms. The van der Waals surface area contributed by atoms with Gasteiger partial charge in [-0.25, -0.2) is 27.9 Å². The number of aliphatic hydroxyl groups excluding tert-OH is 1. The Kier molecular flexibility index (Phi) is 7.67. The lowest BCUT2D eigenvalue weighted by atomic mass is 9.89. The Labute approximate surface area is 225 Å². The zero-order valence-corrected chi connectivity index (χ0v) is 21.6. The molecule has 0 radical (unpaired) electrons. The lowest BCUT2D eigenvalue weighted by molar-refractivity contribution is 0.0328. The number of aliphatic hydroxyl groups is 1. The molecule has 2 aliphatic heterocycles. The summed E-state index contributed by atoms with van der Waals surface area (Å²) in [5, 5.41) is 10.7. The maximum absolute atomic E-state index is 15.5. The standard InChI is InChI=1S/C29H30F3N5O2/c1-35(26-10-13-36(17-25(26)32)18-27-33-11-5-12-34-27)28(39)37-16-20(23-14-22(30)8-9-24(23)31)15-29(37,19-38)21-6-3-2-4-7-21/h2-9,11-12,14-15,25-26,38H,10,13,16-19H2,1H3/t25?,26?,29-/m1/s1. The highest BCUT2D eigenvalue weighted by Crippen LogP contribution is 2.41. The molecule has 2 aliphatic rings. The van der Waals surface area contributed by atoms with E-state index in [-0.39, 0.29) is 18.7 Å². The minimum Gasteiger partial charge on any atom is -0.393 e. The summed E-state index contributed by atoms with van der Waals surface area (Å²) in [5.41, 5.74) is -0.351. The molecule has 7 nitrogen and oxygen atoms in total. The molecule has 0 aliphatic carbocycles. The molecule has 0 spiro atoms. The van der Waals surface area contributed by atoms with Crippen LogP contribution in [-0.2, 0) is 12.1 Å². The van der Waals surface area contributed by atoms with Gasteiger partial charge in [0.1, 0.15) is 29.2 Å². The first-order valence-corrected chi connectivity index (χ1v) is 12.8. The Balaban J connectivity index is 1.40. The van der Waals surface area contributed by atoms with Gasteiger partial charge in [-0.15, -0.1) is 0 Å². The first kappa shape index (κ1) is 26.8. The minimum atomic E-state index is -1.34. The van der Waals surface area contributed by atoms with Crippen molar-refractivity contribution in [3.05, 3.63) is 102 Å². The number of alkyl halides is 1. The molecular weight excluding hydrogens is 507 g/mol. The number of urea groups is 1. The summed E-state index contributed by atoms with van der Waals surface area (Å²) in [6.07, 6.45) is 3.96. The number of carbonyl (C=O) groups is 1. The molecule has 5 rings (SSSR count). The molecule has 3 atom stereocenters. The van der Waals surface area contributed by atoms with E-state index in [1.165, 1.54) is 9.80 Å². The highest BCUT2D eigenvalue weighted by Gasteiger charge is 2.47. The van der Waals surface area contributed by atoms with Crippen LogP contribution in [0.3, 0.4) is 0 Å². The molecule has 204 valence electrons. The molecule has 1 aromatic heterocycles. The van der Waals surface area contributed by atoms with Gasteiger partial charge < -0.3 is 14.9 Å². The molecule has 2 unspecified atom stereocenters. The van der Waals surface area contributed by atoms with Crippen LogP contribution in [0.15, 0.2) is 73.1 Å². The third kappa shape index (κ3) is 5.26. The molecular formula is C29H30F3N5O2. The van der Waals surface area contributed by atoms with E-state index in [0.717, 1.165) is 18.2 Å². The van der Waals surface area contributed by atoms with Crippen LogP contribution in [0.25, 0.3) is 5.57 Å². The van der Waals surface area contributed by atoms with Crippen LogP contribution < -0.4 is 0 Å². The fraction of sp³-hybridized carbons (Fsp3) is 0.345. The molecule has 1 saturated heterocycles. The quantitative estimate of drug-likeness (QED) is 0.515. The van der Waals surface area contributed by atoms with Crippen molar-refractivity contribution in [2.45, 2.75) is 30.7 Å². The average Bonchev–Trinajstić information content (AvgIpc) is 3.35. The van der Waals surface area contributed by atoms with E-state index in [1.807, 2.05) is 4.90 Å². The predicted octanol–water partition coefficient (Wildman–Crippen LogP) is 4.01. The SMILES string of the molecule is CN(C(=O)N1CC(c2cc(F)ccc2F)=C[C@@]1(CO)c1ccccc1)C1CCN(Cc2ncccn2)CC1F. The van der Waals surface area contributed by atoms with E-state index in [1.54, 1.807) is 61.9 Å². The van der Waals surface area contributed by atoms with Gasteiger partial charge in [0.2, 0.25) is 0 Å². The summed E-state index contributed by atoms with van der Waals surface area (Å²) in [4.78, 5) is 27.1. The van der Waals surface area contributed by atoms with Crippen molar-refractivity contribution in [1.29, 1.82) is 0 Å². The number of hydrogen-bond acceptors (Lipinski definition) is 5. The lowest BCUT2D eigenvalue weighted by Gasteiger charge is -2.43. The maximum Gasteiger partial charge on any atom is 0.321 e. The normalized spacial score (nSPS) is 23.5. The second-order valence-corrected chi connectivity index (χ2v) is 9.99. The van der Waals surface area contributed by atoms with Crippen LogP contribution in [0, 0.1) is 11.6 Å². The number of carbonyl (C=O) groups excluding carboxylic acids is 1. The number of nitrogens with zero attached hydrogens (tertiary/aromatic N) is 5. The monoisotopic (exact) mass is 537 g/mol. The summed E-state index contributed by atoms with van der Waals surface area (Å²) in [6.45, 7) is 0.489. The second-order valence-electron chi connectivity index (χ2n) is 9.99. The Bertz CT molecular complexity index is 1340. The average molecular weight is 538 g/mol. The number of halogens is 3. The van der Waals surface area contributed by atoms with Gasteiger partial charge in [0.05, 0.1) is 19.2 Å². The molecule has 1 N–H and O–H groups in total. The summed E-state index contributed by atoms with van der Waals surface area (Å²) >= 11 is 0. The van der Waals surface area contributed by atoms with Crippen LogP contribution >= 0.6 is 0 Å². The van der Waals surface area contributed by atoms with E-state index >= 15 is 4.39 Å². The number of piperidine rings is 1. The van der Waals surface area contributed by atoms with Crippen molar-refractivity contribution < 1.29 is 23.1 Å². The van der Waals surface area contributed by atoms with Crippen molar-refractivity contribution in [1.82, 2.24) is 24.7 Å². The number of benzene rings is 2. The van der Waals surface area contributed by atoms with Gasteiger partial charge in [-0.1, -0.05) is 30.3 Å². The summed E-state index contributed by atoms with van der Waals surface area (Å²) < 4.78 is 44.3. The van der Waals surface area contributed by atoms with Crippen LogP contribution in [-0.4, -0.2) is 81.3 Å². The molecule has 0 bridgehead atoms. The topological polar surface area (TPSA) is 72.8 Å². The van der Waals surface area contributed by atoms with Gasteiger partial charge in [-0.05, 0) is 47.9 Å². The Morgan fingerprint density at radius 1 is 1.13 bits per heavy atom. The number of hydrogen-bond donors (Lipinski definition) is 1. The Hall–Kier alpha value is -3.76. The largest absolute Gasteiger partial charge is 0.393 e. The lowest BCUT2D eigenvalue weighted by Crippen LogP contribution is -2.58. The number of aromatic nitrogens is 2. The first-order chi connectivity index (χ1) is 18.8. The van der Waals surface area contributed by atoms with E-state index in [4.69, 9.17) is 0 Å². The van der Waals surface area contributed by atoms with E-state index in [9.17, 15) is 18.7 Å². The number of amides is 2. The molecule has 10 heteroatoms. The predicted molar refractivity (Wildman–Crippen MR) is 140 cm³/mol.